The highest BCUT2D eigenvalue weighted by Crippen LogP contribution is 2.24. The molecule has 0 aliphatic heterocycles. The molecule has 1 N–H and O–H groups in total. The Balaban J connectivity index is 2.19. The first kappa shape index (κ1) is 12.6. The zero-order valence-corrected chi connectivity index (χ0v) is 11.1. The standard InChI is InChI=1S/C16H20N2/c1-3-8-16(14-9-5-4-6-10-14)18-15-11-7-12-17-13(15)2/h4-7,9-12,16,18H,3,8H2,1-2H3. The zero-order chi connectivity index (χ0) is 12.8. The van der Waals surface area contributed by atoms with Crippen molar-refractivity contribution in [3.05, 3.63) is 59.9 Å². The molecule has 0 aliphatic rings. The Kier molecular flexibility index (Phi) is 4.35. The van der Waals surface area contributed by atoms with E-state index >= 15 is 0 Å². The van der Waals surface area contributed by atoms with Crippen LogP contribution in [0.2, 0.25) is 0 Å². The summed E-state index contributed by atoms with van der Waals surface area (Å²) in [5.74, 6) is 0. The molecule has 2 rings (SSSR count). The molecule has 0 radical (unpaired) electrons. The van der Waals surface area contributed by atoms with Gasteiger partial charge in [-0.05, 0) is 31.0 Å². The van der Waals surface area contributed by atoms with Gasteiger partial charge < -0.3 is 5.32 Å². The first-order valence-corrected chi connectivity index (χ1v) is 6.54. The lowest BCUT2D eigenvalue weighted by atomic mass is 10.0. The summed E-state index contributed by atoms with van der Waals surface area (Å²) in [6, 6.07) is 15.0. The minimum atomic E-state index is 0.360. The van der Waals surface area contributed by atoms with Gasteiger partial charge in [0.2, 0.25) is 0 Å². The van der Waals surface area contributed by atoms with E-state index < -0.39 is 0 Å². The van der Waals surface area contributed by atoms with Crippen molar-refractivity contribution in [3.63, 3.8) is 0 Å². The molecule has 0 amide bonds. The average molecular weight is 240 g/mol. The predicted octanol–water partition coefficient (Wildman–Crippen LogP) is 4.34. The van der Waals surface area contributed by atoms with Crippen LogP contribution in [0.5, 0.6) is 0 Å². The predicted molar refractivity (Wildman–Crippen MR) is 76.7 cm³/mol. The van der Waals surface area contributed by atoms with Crippen molar-refractivity contribution in [3.8, 4) is 0 Å². The molecule has 0 saturated carbocycles. The molecular weight excluding hydrogens is 220 g/mol. The van der Waals surface area contributed by atoms with Crippen LogP contribution in [0.1, 0.15) is 37.1 Å². The number of hydrogen-bond donors (Lipinski definition) is 1. The van der Waals surface area contributed by atoms with E-state index in [1.165, 1.54) is 5.56 Å². The minimum absolute atomic E-state index is 0.360. The van der Waals surface area contributed by atoms with E-state index in [1.807, 2.05) is 19.2 Å². The largest absolute Gasteiger partial charge is 0.377 e. The summed E-state index contributed by atoms with van der Waals surface area (Å²) in [5.41, 5.74) is 3.51. The van der Waals surface area contributed by atoms with Crippen LogP contribution in [0, 0.1) is 6.92 Å². The third kappa shape index (κ3) is 3.10. The van der Waals surface area contributed by atoms with Crippen LogP contribution in [0.4, 0.5) is 5.69 Å². The number of benzene rings is 1. The fraction of sp³-hybridized carbons (Fsp3) is 0.312. The molecule has 1 aromatic carbocycles. The summed E-state index contributed by atoms with van der Waals surface area (Å²) in [7, 11) is 0. The lowest BCUT2D eigenvalue weighted by Gasteiger charge is -2.20. The summed E-state index contributed by atoms with van der Waals surface area (Å²) in [6.45, 7) is 4.25. The van der Waals surface area contributed by atoms with Crippen LogP contribution < -0.4 is 5.32 Å². The Labute approximate surface area is 109 Å². The van der Waals surface area contributed by atoms with E-state index in [1.54, 1.807) is 0 Å². The second kappa shape index (κ2) is 6.20. The number of nitrogens with zero attached hydrogens (tertiary/aromatic N) is 1. The Hall–Kier alpha value is -1.83. The molecule has 2 aromatic rings. The third-order valence-electron chi connectivity index (χ3n) is 3.12. The summed E-state index contributed by atoms with van der Waals surface area (Å²) in [5, 5.41) is 3.60. The lowest BCUT2D eigenvalue weighted by molar-refractivity contribution is 0.676. The smallest absolute Gasteiger partial charge is 0.0603 e. The van der Waals surface area contributed by atoms with Gasteiger partial charge >= 0.3 is 0 Å². The Morgan fingerprint density at radius 1 is 1.11 bits per heavy atom. The average Bonchev–Trinajstić information content (AvgIpc) is 2.42. The van der Waals surface area contributed by atoms with Gasteiger partial charge in [0, 0.05) is 6.20 Å². The molecule has 0 bridgehead atoms. The number of rotatable bonds is 5. The van der Waals surface area contributed by atoms with Crippen LogP contribution in [-0.2, 0) is 0 Å². The molecular formula is C16H20N2. The van der Waals surface area contributed by atoms with E-state index in [4.69, 9.17) is 0 Å². The molecule has 0 aliphatic carbocycles. The summed E-state index contributed by atoms with van der Waals surface area (Å²) < 4.78 is 0. The molecule has 0 saturated heterocycles. The van der Waals surface area contributed by atoms with Gasteiger partial charge in [-0.2, -0.15) is 0 Å². The first-order valence-electron chi connectivity index (χ1n) is 6.54. The highest BCUT2D eigenvalue weighted by Gasteiger charge is 2.11. The number of nitrogens with one attached hydrogen (secondary N) is 1. The SMILES string of the molecule is CCCC(Nc1cccnc1C)c1ccccc1. The van der Waals surface area contributed by atoms with Gasteiger partial charge in [0.05, 0.1) is 17.4 Å². The number of aromatic nitrogens is 1. The lowest BCUT2D eigenvalue weighted by Crippen LogP contribution is -2.11. The van der Waals surface area contributed by atoms with Crippen molar-refractivity contribution < 1.29 is 0 Å². The van der Waals surface area contributed by atoms with Crippen LogP contribution >= 0.6 is 0 Å². The number of pyridine rings is 1. The molecule has 1 aromatic heterocycles. The maximum absolute atomic E-state index is 4.32. The monoisotopic (exact) mass is 240 g/mol. The molecule has 1 atom stereocenters. The molecule has 2 nitrogen and oxygen atoms in total. The van der Waals surface area contributed by atoms with Crippen molar-refractivity contribution in [2.45, 2.75) is 32.7 Å². The van der Waals surface area contributed by atoms with E-state index in [0.717, 1.165) is 24.2 Å². The molecule has 18 heavy (non-hydrogen) atoms. The minimum Gasteiger partial charge on any atom is -0.377 e. The van der Waals surface area contributed by atoms with Crippen molar-refractivity contribution in [2.24, 2.45) is 0 Å². The Bertz CT molecular complexity index is 479. The second-order valence-corrected chi connectivity index (χ2v) is 4.53. The molecule has 0 fully saturated rings. The molecule has 0 spiro atoms. The number of hydrogen-bond acceptors (Lipinski definition) is 2. The van der Waals surface area contributed by atoms with E-state index in [-0.39, 0.29) is 0 Å². The van der Waals surface area contributed by atoms with Gasteiger partial charge in [0.1, 0.15) is 0 Å². The van der Waals surface area contributed by atoms with E-state index in [0.29, 0.717) is 6.04 Å². The van der Waals surface area contributed by atoms with Crippen molar-refractivity contribution in [1.29, 1.82) is 0 Å². The van der Waals surface area contributed by atoms with Gasteiger partial charge in [-0.15, -0.1) is 0 Å². The van der Waals surface area contributed by atoms with Crippen LogP contribution in [0.15, 0.2) is 48.7 Å². The van der Waals surface area contributed by atoms with E-state index in [2.05, 4.69) is 53.6 Å². The maximum Gasteiger partial charge on any atom is 0.0603 e. The van der Waals surface area contributed by atoms with Crippen molar-refractivity contribution in [2.75, 3.05) is 5.32 Å². The van der Waals surface area contributed by atoms with Gasteiger partial charge in [-0.3, -0.25) is 4.98 Å². The summed E-state index contributed by atoms with van der Waals surface area (Å²) >= 11 is 0. The second-order valence-electron chi connectivity index (χ2n) is 4.53. The fourth-order valence-corrected chi connectivity index (χ4v) is 2.12. The summed E-state index contributed by atoms with van der Waals surface area (Å²) in [4.78, 5) is 4.32. The molecule has 94 valence electrons. The van der Waals surface area contributed by atoms with E-state index in [9.17, 15) is 0 Å². The summed E-state index contributed by atoms with van der Waals surface area (Å²) in [6.07, 6.45) is 4.11. The van der Waals surface area contributed by atoms with Crippen LogP contribution in [0.25, 0.3) is 0 Å². The fourth-order valence-electron chi connectivity index (χ4n) is 2.12. The van der Waals surface area contributed by atoms with Crippen LogP contribution in [-0.4, -0.2) is 4.98 Å². The Morgan fingerprint density at radius 2 is 1.89 bits per heavy atom. The normalized spacial score (nSPS) is 12.1. The van der Waals surface area contributed by atoms with Crippen molar-refractivity contribution in [1.82, 2.24) is 4.98 Å². The quantitative estimate of drug-likeness (QED) is 0.840. The van der Waals surface area contributed by atoms with Gasteiger partial charge in [-0.25, -0.2) is 0 Å². The topological polar surface area (TPSA) is 24.9 Å². The van der Waals surface area contributed by atoms with Gasteiger partial charge in [0.15, 0.2) is 0 Å². The number of anilines is 1. The highest BCUT2D eigenvalue weighted by atomic mass is 14.9. The van der Waals surface area contributed by atoms with Gasteiger partial charge in [0.25, 0.3) is 0 Å². The zero-order valence-electron chi connectivity index (χ0n) is 11.1. The first-order chi connectivity index (χ1) is 8.81. The van der Waals surface area contributed by atoms with Crippen LogP contribution in [0.3, 0.4) is 0 Å². The number of aryl methyl sites for hydroxylation is 1. The highest BCUT2D eigenvalue weighted by molar-refractivity contribution is 5.48. The molecule has 1 heterocycles. The molecule has 2 heteroatoms. The van der Waals surface area contributed by atoms with Crippen molar-refractivity contribution >= 4 is 5.69 Å². The maximum atomic E-state index is 4.32. The van der Waals surface area contributed by atoms with Gasteiger partial charge in [-0.1, -0.05) is 43.7 Å². The molecule has 1 unspecified atom stereocenters. The third-order valence-corrected chi connectivity index (χ3v) is 3.12. The Morgan fingerprint density at radius 3 is 2.56 bits per heavy atom.